The monoisotopic (exact) mass is 242 g/mol. The quantitative estimate of drug-likeness (QED) is 0.623. The Morgan fingerprint density at radius 3 is 3.00 bits per heavy atom. The number of aryl methyl sites for hydroxylation is 1. The third kappa shape index (κ3) is 4.74. The number of carbonyl (C=O) groups is 1. The van der Waals surface area contributed by atoms with Crippen LogP contribution < -0.4 is 11.1 Å². The molecule has 0 bridgehead atoms. The minimum absolute atomic E-state index is 0.0189. The number of aliphatic carboxylic acids is 1. The molecule has 1 aromatic rings. The van der Waals surface area contributed by atoms with Crippen molar-refractivity contribution < 1.29 is 9.90 Å². The van der Waals surface area contributed by atoms with E-state index in [1.807, 2.05) is 0 Å². The summed E-state index contributed by atoms with van der Waals surface area (Å²) in [5.74, 6) is -0.844. The smallest absolute Gasteiger partial charge is 0.304 e. The number of hydrogen-bond acceptors (Lipinski definition) is 4. The van der Waals surface area contributed by atoms with Gasteiger partial charge in [0, 0.05) is 24.0 Å². The van der Waals surface area contributed by atoms with Crippen LogP contribution in [0.2, 0.25) is 0 Å². The molecule has 0 saturated heterocycles. The first-order valence-corrected chi connectivity index (χ1v) is 6.18. The summed E-state index contributed by atoms with van der Waals surface area (Å²) in [6.45, 7) is 3.49. The minimum atomic E-state index is -0.844. The van der Waals surface area contributed by atoms with Gasteiger partial charge in [-0.15, -0.1) is 11.3 Å². The summed E-state index contributed by atoms with van der Waals surface area (Å²) in [6, 6.07) is 1.80. The van der Waals surface area contributed by atoms with Gasteiger partial charge in [-0.05, 0) is 30.4 Å². The van der Waals surface area contributed by atoms with Gasteiger partial charge in [0.25, 0.3) is 0 Å². The summed E-state index contributed by atoms with van der Waals surface area (Å²) in [7, 11) is 0. The van der Waals surface area contributed by atoms with Crippen molar-refractivity contribution in [3.05, 3.63) is 21.9 Å². The van der Waals surface area contributed by atoms with Gasteiger partial charge in [-0.3, -0.25) is 4.79 Å². The lowest BCUT2D eigenvalue weighted by atomic mass is 10.2. The number of carboxylic acid groups (broad SMARTS) is 1. The molecule has 90 valence electrons. The predicted molar refractivity (Wildman–Crippen MR) is 65.9 cm³/mol. The highest BCUT2D eigenvalue weighted by Crippen LogP contribution is 2.15. The Kier molecular flexibility index (Phi) is 5.45. The average Bonchev–Trinajstić information content (AvgIpc) is 2.58. The number of nitrogens with two attached hydrogens (primary N) is 1. The molecule has 1 rings (SSSR count). The summed E-state index contributed by atoms with van der Waals surface area (Å²) >= 11 is 1.75. The zero-order valence-electron chi connectivity index (χ0n) is 9.40. The Balaban J connectivity index is 2.12. The van der Waals surface area contributed by atoms with E-state index in [1.165, 1.54) is 10.4 Å². The zero-order chi connectivity index (χ0) is 12.0. The maximum absolute atomic E-state index is 10.4. The van der Waals surface area contributed by atoms with Gasteiger partial charge in [0.15, 0.2) is 0 Å². The highest BCUT2D eigenvalue weighted by Gasteiger charge is 2.07. The molecular formula is C11H18N2O2S. The molecule has 0 amide bonds. The van der Waals surface area contributed by atoms with Crippen LogP contribution in [-0.4, -0.2) is 30.2 Å². The fraction of sp³-hybridized carbons (Fsp3) is 0.545. The molecule has 1 heterocycles. The Labute approximate surface area is 99.5 Å². The molecule has 0 saturated carbocycles. The summed E-state index contributed by atoms with van der Waals surface area (Å²) in [6.07, 6.45) is 0.994. The highest BCUT2D eigenvalue weighted by molar-refractivity contribution is 7.10. The second-order valence-electron chi connectivity index (χ2n) is 3.84. The maximum atomic E-state index is 10.4. The van der Waals surface area contributed by atoms with Crippen molar-refractivity contribution in [3.63, 3.8) is 0 Å². The van der Waals surface area contributed by atoms with Crippen LogP contribution >= 0.6 is 11.3 Å². The molecule has 1 unspecified atom stereocenters. The molecule has 0 fully saturated rings. The van der Waals surface area contributed by atoms with E-state index < -0.39 is 5.97 Å². The summed E-state index contributed by atoms with van der Waals surface area (Å²) in [4.78, 5) is 11.7. The minimum Gasteiger partial charge on any atom is -0.481 e. The van der Waals surface area contributed by atoms with Gasteiger partial charge in [-0.1, -0.05) is 0 Å². The first kappa shape index (κ1) is 13.2. The van der Waals surface area contributed by atoms with Gasteiger partial charge in [0.05, 0.1) is 6.42 Å². The van der Waals surface area contributed by atoms with E-state index in [2.05, 4.69) is 23.7 Å². The lowest BCUT2D eigenvalue weighted by Gasteiger charge is -2.10. The van der Waals surface area contributed by atoms with Gasteiger partial charge in [0.2, 0.25) is 0 Å². The molecule has 16 heavy (non-hydrogen) atoms. The summed E-state index contributed by atoms with van der Waals surface area (Å²) in [5.41, 5.74) is 6.94. The maximum Gasteiger partial charge on any atom is 0.304 e. The van der Waals surface area contributed by atoms with Crippen LogP contribution in [0.25, 0.3) is 0 Å². The third-order valence-electron chi connectivity index (χ3n) is 2.34. The summed E-state index contributed by atoms with van der Waals surface area (Å²) < 4.78 is 0. The molecular weight excluding hydrogens is 224 g/mol. The highest BCUT2D eigenvalue weighted by atomic mass is 32.1. The van der Waals surface area contributed by atoms with E-state index in [0.717, 1.165) is 13.0 Å². The molecule has 4 N–H and O–H groups in total. The number of hydrogen-bond donors (Lipinski definition) is 3. The van der Waals surface area contributed by atoms with Crippen molar-refractivity contribution in [2.45, 2.75) is 25.8 Å². The van der Waals surface area contributed by atoms with Crippen molar-refractivity contribution in [1.29, 1.82) is 0 Å². The second-order valence-corrected chi connectivity index (χ2v) is 4.84. The van der Waals surface area contributed by atoms with Crippen molar-refractivity contribution >= 4 is 17.3 Å². The van der Waals surface area contributed by atoms with E-state index in [4.69, 9.17) is 10.8 Å². The zero-order valence-corrected chi connectivity index (χ0v) is 10.2. The van der Waals surface area contributed by atoms with Crippen LogP contribution in [0.1, 0.15) is 16.9 Å². The Morgan fingerprint density at radius 1 is 1.69 bits per heavy atom. The Hall–Kier alpha value is -0.910. The van der Waals surface area contributed by atoms with Crippen LogP contribution in [0, 0.1) is 6.92 Å². The lowest BCUT2D eigenvalue weighted by Crippen LogP contribution is -2.36. The second kappa shape index (κ2) is 6.62. The van der Waals surface area contributed by atoms with Crippen LogP contribution in [0.15, 0.2) is 11.4 Å². The first-order valence-electron chi connectivity index (χ1n) is 5.30. The van der Waals surface area contributed by atoms with Gasteiger partial charge < -0.3 is 16.2 Å². The number of nitrogens with one attached hydrogen (secondary N) is 1. The van der Waals surface area contributed by atoms with E-state index in [1.54, 1.807) is 11.3 Å². The third-order valence-corrected chi connectivity index (χ3v) is 3.42. The molecule has 0 aliphatic heterocycles. The normalized spacial score (nSPS) is 12.6. The van der Waals surface area contributed by atoms with Crippen LogP contribution in [0.4, 0.5) is 0 Å². The van der Waals surface area contributed by atoms with E-state index in [9.17, 15) is 4.79 Å². The topological polar surface area (TPSA) is 75.3 Å². The number of rotatable bonds is 7. The largest absolute Gasteiger partial charge is 0.481 e. The molecule has 0 spiro atoms. The average molecular weight is 242 g/mol. The van der Waals surface area contributed by atoms with Crippen LogP contribution in [-0.2, 0) is 11.2 Å². The molecule has 0 radical (unpaired) electrons. The standard InChI is InChI=1S/C11H18N2O2S/c1-8-3-5-16-10(8)2-4-13-7-9(12)6-11(14)15/h3,5,9,13H,2,4,6-7,12H2,1H3,(H,14,15). The van der Waals surface area contributed by atoms with E-state index >= 15 is 0 Å². The van der Waals surface area contributed by atoms with E-state index in [-0.39, 0.29) is 12.5 Å². The van der Waals surface area contributed by atoms with Crippen molar-refractivity contribution in [1.82, 2.24) is 5.32 Å². The molecule has 0 aromatic carbocycles. The molecule has 0 aliphatic carbocycles. The number of thiophene rings is 1. The van der Waals surface area contributed by atoms with Gasteiger partial charge in [-0.25, -0.2) is 0 Å². The Bertz CT molecular complexity index is 338. The van der Waals surface area contributed by atoms with Crippen molar-refractivity contribution in [2.24, 2.45) is 5.73 Å². The van der Waals surface area contributed by atoms with Crippen molar-refractivity contribution in [3.8, 4) is 0 Å². The Morgan fingerprint density at radius 2 is 2.44 bits per heavy atom. The molecule has 5 heteroatoms. The first-order chi connectivity index (χ1) is 7.59. The number of carboxylic acids is 1. The lowest BCUT2D eigenvalue weighted by molar-refractivity contribution is -0.137. The van der Waals surface area contributed by atoms with Crippen molar-refractivity contribution in [2.75, 3.05) is 13.1 Å². The fourth-order valence-electron chi connectivity index (χ4n) is 1.45. The van der Waals surface area contributed by atoms with Crippen LogP contribution in [0.5, 0.6) is 0 Å². The van der Waals surface area contributed by atoms with Crippen LogP contribution in [0.3, 0.4) is 0 Å². The van der Waals surface area contributed by atoms with Gasteiger partial charge in [0.1, 0.15) is 0 Å². The molecule has 1 atom stereocenters. The van der Waals surface area contributed by atoms with E-state index in [0.29, 0.717) is 6.54 Å². The van der Waals surface area contributed by atoms with Gasteiger partial charge >= 0.3 is 5.97 Å². The molecule has 1 aromatic heterocycles. The predicted octanol–water partition coefficient (Wildman–Crippen LogP) is 0.991. The summed E-state index contributed by atoms with van der Waals surface area (Å²) in [5, 5.41) is 13.8. The SMILES string of the molecule is Cc1ccsc1CCNCC(N)CC(=O)O. The van der Waals surface area contributed by atoms with Gasteiger partial charge in [-0.2, -0.15) is 0 Å². The molecule has 0 aliphatic rings. The fourth-order valence-corrected chi connectivity index (χ4v) is 2.36. The molecule has 4 nitrogen and oxygen atoms in total.